The molecule has 0 aromatic carbocycles. The van der Waals surface area contributed by atoms with Gasteiger partial charge in [-0.3, -0.25) is 4.79 Å². The summed E-state index contributed by atoms with van der Waals surface area (Å²) in [5.41, 5.74) is 0. The van der Waals surface area contributed by atoms with E-state index in [9.17, 15) is 4.79 Å². The Labute approximate surface area is 207 Å². The topological polar surface area (TPSA) is 35.5 Å². The van der Waals surface area contributed by atoms with Gasteiger partial charge < -0.3 is 9.47 Å². The van der Waals surface area contributed by atoms with Gasteiger partial charge in [0, 0.05) is 38.8 Å². The molecule has 0 radical (unpaired) electrons. The third-order valence-corrected chi connectivity index (χ3v) is 13.1. The van der Waals surface area contributed by atoms with Gasteiger partial charge in [-0.2, -0.15) is 0 Å². The van der Waals surface area contributed by atoms with Gasteiger partial charge in [-0.05, 0) is 30.0 Å². The van der Waals surface area contributed by atoms with Crippen LogP contribution in [0.25, 0.3) is 29.9 Å². The number of fused-ring (bicyclic) bond motifs is 5. The lowest BCUT2D eigenvalue weighted by Gasteiger charge is -2.14. The van der Waals surface area contributed by atoms with Crippen LogP contribution >= 0.6 is 84.4 Å². The quantitative estimate of drug-likeness (QED) is 0.219. The molecule has 31 heavy (non-hydrogen) atoms. The number of halogens is 1. The van der Waals surface area contributed by atoms with Gasteiger partial charge in [0.2, 0.25) is 5.12 Å². The van der Waals surface area contributed by atoms with E-state index in [0.717, 1.165) is 30.0 Å². The highest BCUT2D eigenvalue weighted by Crippen LogP contribution is 2.39. The summed E-state index contributed by atoms with van der Waals surface area (Å²) >= 11 is 13.7. The highest BCUT2D eigenvalue weighted by molar-refractivity contribution is 9.14. The zero-order valence-corrected chi connectivity index (χ0v) is 21.8. The van der Waals surface area contributed by atoms with Crippen molar-refractivity contribution in [2.24, 2.45) is 0 Å². The van der Waals surface area contributed by atoms with E-state index in [2.05, 4.69) is 34.1 Å². The summed E-state index contributed by atoms with van der Waals surface area (Å²) in [6.07, 6.45) is 1.76. The molecule has 0 N–H and O–H groups in total. The summed E-state index contributed by atoms with van der Waals surface area (Å²) in [5, 5.41) is 0.146. The first-order valence-electron chi connectivity index (χ1n) is 9.21. The van der Waals surface area contributed by atoms with E-state index >= 15 is 0 Å². The minimum Gasteiger partial charge on any atom is -0.485 e. The smallest absolute Gasteiger partial charge is 0.218 e. The maximum absolute atomic E-state index is 11.7. The molecule has 0 saturated heterocycles. The fourth-order valence-corrected chi connectivity index (χ4v) is 11.5. The van der Waals surface area contributed by atoms with Crippen molar-refractivity contribution in [1.29, 1.82) is 0 Å². The van der Waals surface area contributed by atoms with Gasteiger partial charge in [0.15, 0.2) is 11.5 Å². The predicted octanol–water partition coefficient (Wildman–Crippen LogP) is 6.19. The van der Waals surface area contributed by atoms with Gasteiger partial charge in [0.25, 0.3) is 0 Å². The lowest BCUT2D eigenvalue weighted by atomic mass is 10.4. The molecule has 7 heterocycles. The van der Waals surface area contributed by atoms with Gasteiger partial charge in [0.05, 0.1) is 23.2 Å². The van der Waals surface area contributed by atoms with Crippen molar-refractivity contribution in [3.05, 3.63) is 45.4 Å². The summed E-state index contributed by atoms with van der Waals surface area (Å²) in [4.78, 5) is 14.8. The Bertz CT molecular complexity index is 1830. The third kappa shape index (κ3) is 2.96. The first-order chi connectivity index (χ1) is 15.2. The Morgan fingerprint density at radius 1 is 0.839 bits per heavy atom. The number of thiophene rings is 5. The second-order valence-corrected chi connectivity index (χ2v) is 13.7. The minimum atomic E-state index is 0.146. The molecular formula is C21H9BrO3S6. The summed E-state index contributed by atoms with van der Waals surface area (Å²) < 4.78 is 24.0. The third-order valence-electron chi connectivity index (χ3n) is 5.00. The van der Waals surface area contributed by atoms with Crippen LogP contribution in [0.2, 0.25) is 0 Å². The van der Waals surface area contributed by atoms with Crippen LogP contribution in [-0.4, -0.2) is 18.3 Å². The van der Waals surface area contributed by atoms with E-state index in [1.165, 1.54) is 44.2 Å². The van der Waals surface area contributed by atoms with Crippen LogP contribution in [0.1, 0.15) is 0 Å². The monoisotopic (exact) mass is 580 g/mol. The van der Waals surface area contributed by atoms with E-state index in [1.807, 2.05) is 16.3 Å². The molecule has 7 rings (SSSR count). The standard InChI is InChI=1S/C21H9BrO3S6/c22-7-15-17-18(25-2-1-24-17)19(30-15)12-4-10-8(27-12)3-9(26-10)11-5-13-20(29-11)21-14(28-13)6-16(23)31-21/h3-7H,1-2H2/b11-9+,15-7-,19-12+. The van der Waals surface area contributed by atoms with Crippen LogP contribution in [0.5, 0.6) is 11.5 Å². The fraction of sp³-hybridized carbons (Fsp3) is 0.0952. The van der Waals surface area contributed by atoms with E-state index in [0.29, 0.717) is 13.2 Å². The second kappa shape index (κ2) is 7.18. The molecule has 0 bridgehead atoms. The molecule has 5 aromatic heterocycles. The van der Waals surface area contributed by atoms with E-state index < -0.39 is 0 Å². The number of hydrogen-bond donors (Lipinski definition) is 0. The lowest BCUT2D eigenvalue weighted by Crippen LogP contribution is -2.17. The normalized spacial score (nSPS) is 18.2. The van der Waals surface area contributed by atoms with Gasteiger partial charge in [-0.25, -0.2) is 0 Å². The molecule has 10 heteroatoms. The lowest BCUT2D eigenvalue weighted by molar-refractivity contribution is -0.105. The van der Waals surface area contributed by atoms with Crippen molar-refractivity contribution < 1.29 is 14.3 Å². The van der Waals surface area contributed by atoms with Crippen LogP contribution in [0, 0.1) is 18.1 Å². The molecule has 3 nitrogen and oxygen atoms in total. The van der Waals surface area contributed by atoms with E-state index in [-0.39, 0.29) is 5.12 Å². The molecule has 0 spiro atoms. The number of carbonyl (C=O) groups is 1. The maximum atomic E-state index is 11.7. The zero-order valence-electron chi connectivity index (χ0n) is 15.4. The van der Waals surface area contributed by atoms with Crippen molar-refractivity contribution in [3.63, 3.8) is 0 Å². The molecule has 0 aliphatic carbocycles. The van der Waals surface area contributed by atoms with E-state index in [4.69, 9.17) is 9.47 Å². The number of rotatable bonds is 0. The number of carbonyl (C=O) groups excluding carboxylic acids is 1. The average Bonchev–Trinajstić information content (AvgIpc) is 3.55. The maximum Gasteiger partial charge on any atom is 0.218 e. The zero-order chi connectivity index (χ0) is 20.7. The summed E-state index contributed by atoms with van der Waals surface area (Å²) in [7, 11) is 0. The molecule has 2 aliphatic heterocycles. The number of thioether (sulfide) groups is 1. The summed E-state index contributed by atoms with van der Waals surface area (Å²) in [6.45, 7) is 1.18. The average molecular weight is 582 g/mol. The van der Waals surface area contributed by atoms with Gasteiger partial charge >= 0.3 is 0 Å². The van der Waals surface area contributed by atoms with Crippen molar-refractivity contribution in [2.45, 2.75) is 4.90 Å². The van der Waals surface area contributed by atoms with Crippen molar-refractivity contribution in [2.75, 3.05) is 13.2 Å². The predicted molar refractivity (Wildman–Crippen MR) is 138 cm³/mol. The van der Waals surface area contributed by atoms with Gasteiger partial charge in [-0.1, -0.05) is 15.9 Å². The highest BCUT2D eigenvalue weighted by atomic mass is 79.9. The molecule has 0 fully saturated rings. The SMILES string of the molecule is O=C1C=c2sc3c/c(=c4/cc5s/c(=c6/s/c(=C\Br)c7c6OCCO7)cc5s4)sc3c2S1. The van der Waals surface area contributed by atoms with Gasteiger partial charge in [-0.15, -0.1) is 56.7 Å². The van der Waals surface area contributed by atoms with Crippen LogP contribution in [0.3, 0.4) is 0 Å². The summed E-state index contributed by atoms with van der Waals surface area (Å²) in [6, 6.07) is 6.84. The summed E-state index contributed by atoms with van der Waals surface area (Å²) in [5.74, 6) is 1.72. The Hall–Kier alpha value is -1.14. The molecule has 0 unspecified atom stereocenters. The number of hydrogen-bond acceptors (Lipinski definition) is 9. The molecule has 0 amide bonds. The molecule has 0 saturated carbocycles. The minimum absolute atomic E-state index is 0.146. The Morgan fingerprint density at radius 2 is 1.55 bits per heavy atom. The molecule has 5 aromatic rings. The van der Waals surface area contributed by atoms with Crippen LogP contribution < -0.4 is 18.5 Å². The van der Waals surface area contributed by atoms with Crippen LogP contribution in [0.4, 0.5) is 0 Å². The van der Waals surface area contributed by atoms with Gasteiger partial charge in [0.1, 0.15) is 13.2 Å². The molecule has 2 aliphatic rings. The van der Waals surface area contributed by atoms with Crippen molar-refractivity contribution in [3.8, 4) is 11.5 Å². The second-order valence-electron chi connectivity index (χ2n) is 6.87. The largest absolute Gasteiger partial charge is 0.485 e. The first kappa shape index (κ1) is 19.3. The highest BCUT2D eigenvalue weighted by Gasteiger charge is 2.20. The van der Waals surface area contributed by atoms with Crippen LogP contribution in [0.15, 0.2) is 23.1 Å². The molecule has 0 atom stereocenters. The van der Waals surface area contributed by atoms with E-state index in [1.54, 1.807) is 51.4 Å². The van der Waals surface area contributed by atoms with Crippen molar-refractivity contribution >= 4 is 119 Å². The molecule has 154 valence electrons. The Balaban J connectivity index is 1.45. The first-order valence-corrected chi connectivity index (χ1v) is 15.0. The van der Waals surface area contributed by atoms with Crippen LogP contribution in [-0.2, 0) is 4.79 Å². The Morgan fingerprint density at radius 3 is 2.39 bits per heavy atom. The van der Waals surface area contributed by atoms with Crippen molar-refractivity contribution in [1.82, 2.24) is 0 Å². The fourth-order valence-electron chi connectivity index (χ4n) is 3.71. The molecular weight excluding hydrogens is 573 g/mol. The Kier molecular flexibility index (Phi) is 4.48. The number of ether oxygens (including phenoxy) is 2.